The van der Waals surface area contributed by atoms with Gasteiger partial charge in [-0.2, -0.15) is 0 Å². The molecule has 7 heteroatoms. The van der Waals surface area contributed by atoms with Crippen LogP contribution < -0.4 is 14.4 Å². The molecule has 2 aliphatic heterocycles. The minimum atomic E-state index is -0.966. The third kappa shape index (κ3) is 2.95. The van der Waals surface area contributed by atoms with E-state index in [1.165, 1.54) is 7.11 Å². The van der Waals surface area contributed by atoms with Gasteiger partial charge in [0.2, 0.25) is 0 Å². The van der Waals surface area contributed by atoms with Crippen LogP contribution in [0.4, 0.5) is 11.4 Å². The van der Waals surface area contributed by atoms with E-state index in [9.17, 15) is 9.59 Å². The number of carbonyl (C=O) groups excluding carboxylic acids is 1. The molecular formula is C20H20N2O5. The Morgan fingerprint density at radius 2 is 1.78 bits per heavy atom. The Hall–Kier alpha value is -3.22. The molecule has 0 aliphatic carbocycles. The first-order valence-corrected chi connectivity index (χ1v) is 8.84. The van der Waals surface area contributed by atoms with Gasteiger partial charge in [-0.25, -0.2) is 4.79 Å². The second kappa shape index (κ2) is 6.83. The highest BCUT2D eigenvalue weighted by atomic mass is 16.5. The molecule has 140 valence electrons. The van der Waals surface area contributed by atoms with E-state index < -0.39 is 5.97 Å². The Morgan fingerprint density at radius 1 is 1.07 bits per heavy atom. The highest BCUT2D eigenvalue weighted by Crippen LogP contribution is 2.47. The molecule has 1 fully saturated rings. The van der Waals surface area contributed by atoms with Gasteiger partial charge in [0.05, 0.1) is 23.9 Å². The maximum Gasteiger partial charge on any atom is 0.335 e. The van der Waals surface area contributed by atoms with E-state index >= 15 is 0 Å². The van der Waals surface area contributed by atoms with Crippen molar-refractivity contribution in [3.8, 4) is 11.5 Å². The molecule has 27 heavy (non-hydrogen) atoms. The summed E-state index contributed by atoms with van der Waals surface area (Å²) in [6.07, 6.45) is 2.05. The highest BCUT2D eigenvalue weighted by Gasteiger charge is 2.31. The first-order valence-electron chi connectivity index (χ1n) is 8.84. The van der Waals surface area contributed by atoms with Crippen molar-refractivity contribution in [2.45, 2.75) is 12.8 Å². The molecule has 1 amide bonds. The number of hydrogen-bond donors (Lipinski definition) is 1. The first kappa shape index (κ1) is 17.2. The second-order valence-electron chi connectivity index (χ2n) is 6.55. The fraction of sp³-hybridized carbons (Fsp3) is 0.300. The topological polar surface area (TPSA) is 79.3 Å². The molecule has 1 N–H and O–H groups in total. The number of amides is 1. The largest absolute Gasteiger partial charge is 0.492 e. The van der Waals surface area contributed by atoms with E-state index in [1.54, 1.807) is 30.3 Å². The van der Waals surface area contributed by atoms with Crippen LogP contribution in [0.15, 0.2) is 36.4 Å². The van der Waals surface area contributed by atoms with Crippen LogP contribution in [0, 0.1) is 0 Å². The van der Waals surface area contributed by atoms with E-state index in [0.29, 0.717) is 17.1 Å². The van der Waals surface area contributed by atoms with Gasteiger partial charge < -0.3 is 24.4 Å². The van der Waals surface area contributed by atoms with Crippen LogP contribution in [0.2, 0.25) is 0 Å². The molecule has 0 radical (unpaired) electrons. The first-order chi connectivity index (χ1) is 13.1. The third-order valence-corrected chi connectivity index (χ3v) is 4.97. The molecule has 2 aromatic carbocycles. The maximum absolute atomic E-state index is 12.8. The van der Waals surface area contributed by atoms with Gasteiger partial charge in [0.25, 0.3) is 5.91 Å². The van der Waals surface area contributed by atoms with Gasteiger partial charge in [-0.05, 0) is 49.2 Å². The van der Waals surface area contributed by atoms with Crippen LogP contribution in [-0.4, -0.2) is 48.8 Å². The lowest BCUT2D eigenvalue weighted by atomic mass is 10.1. The van der Waals surface area contributed by atoms with Crippen LogP contribution in [0.25, 0.3) is 0 Å². The normalized spacial score (nSPS) is 15.4. The van der Waals surface area contributed by atoms with Crippen LogP contribution in [0.3, 0.4) is 0 Å². The lowest BCUT2D eigenvalue weighted by Gasteiger charge is -2.19. The second-order valence-corrected chi connectivity index (χ2v) is 6.55. The molecule has 0 aromatic heterocycles. The number of carbonyl (C=O) groups is 2. The van der Waals surface area contributed by atoms with Gasteiger partial charge in [0.15, 0.2) is 18.2 Å². The SMILES string of the molecule is COc1c(C(=O)N2CCCC2)ccc2c1OCN2c1ccc(C(=O)O)cc1. The third-order valence-electron chi connectivity index (χ3n) is 4.97. The number of likely N-dealkylation sites (tertiary alicyclic amines) is 1. The van der Waals surface area contributed by atoms with E-state index in [4.69, 9.17) is 14.6 Å². The molecule has 2 aliphatic rings. The lowest BCUT2D eigenvalue weighted by molar-refractivity contribution is 0.0696. The number of methoxy groups -OCH3 is 1. The zero-order chi connectivity index (χ0) is 19.0. The molecule has 7 nitrogen and oxygen atoms in total. The summed E-state index contributed by atoms with van der Waals surface area (Å²) in [5.41, 5.74) is 2.32. The molecule has 0 spiro atoms. The van der Waals surface area contributed by atoms with E-state index in [-0.39, 0.29) is 18.2 Å². The minimum absolute atomic E-state index is 0.0417. The predicted molar refractivity (Wildman–Crippen MR) is 99.2 cm³/mol. The number of aromatic carboxylic acids is 1. The van der Waals surface area contributed by atoms with Crippen molar-refractivity contribution in [1.82, 2.24) is 4.90 Å². The van der Waals surface area contributed by atoms with Crippen LogP contribution in [0.5, 0.6) is 11.5 Å². The van der Waals surface area contributed by atoms with Crippen molar-refractivity contribution in [3.05, 3.63) is 47.5 Å². The molecule has 0 atom stereocenters. The van der Waals surface area contributed by atoms with Gasteiger partial charge in [-0.1, -0.05) is 0 Å². The Bertz CT molecular complexity index is 888. The van der Waals surface area contributed by atoms with Crippen LogP contribution >= 0.6 is 0 Å². The Balaban J connectivity index is 1.68. The van der Waals surface area contributed by atoms with Crippen molar-refractivity contribution in [2.24, 2.45) is 0 Å². The highest BCUT2D eigenvalue weighted by molar-refractivity contribution is 5.99. The average Bonchev–Trinajstić information content (AvgIpc) is 3.36. The fourth-order valence-electron chi connectivity index (χ4n) is 3.56. The molecule has 0 unspecified atom stereocenters. The Kier molecular flexibility index (Phi) is 4.35. The summed E-state index contributed by atoms with van der Waals surface area (Å²) in [5, 5.41) is 9.05. The minimum Gasteiger partial charge on any atom is -0.492 e. The number of rotatable bonds is 4. The number of nitrogens with zero attached hydrogens (tertiary/aromatic N) is 2. The monoisotopic (exact) mass is 368 g/mol. The summed E-state index contributed by atoms with van der Waals surface area (Å²) in [6, 6.07) is 10.2. The number of carboxylic acids is 1. The zero-order valence-corrected chi connectivity index (χ0v) is 15.0. The van der Waals surface area contributed by atoms with Crippen molar-refractivity contribution in [3.63, 3.8) is 0 Å². The Morgan fingerprint density at radius 3 is 2.41 bits per heavy atom. The molecule has 0 bridgehead atoms. The zero-order valence-electron chi connectivity index (χ0n) is 15.0. The molecule has 2 heterocycles. The van der Waals surface area contributed by atoms with Gasteiger partial charge >= 0.3 is 5.97 Å². The van der Waals surface area contributed by atoms with Gasteiger partial charge in [0.1, 0.15) is 0 Å². The summed E-state index contributed by atoms with van der Waals surface area (Å²) in [7, 11) is 1.53. The fourth-order valence-corrected chi connectivity index (χ4v) is 3.56. The summed E-state index contributed by atoms with van der Waals surface area (Å²) in [6.45, 7) is 1.80. The van der Waals surface area contributed by atoms with Crippen molar-refractivity contribution < 1.29 is 24.2 Å². The molecular weight excluding hydrogens is 348 g/mol. The summed E-state index contributed by atoms with van der Waals surface area (Å²) >= 11 is 0. The van der Waals surface area contributed by atoms with E-state index in [1.807, 2.05) is 15.9 Å². The number of hydrogen-bond acceptors (Lipinski definition) is 5. The number of anilines is 2. The maximum atomic E-state index is 12.8. The summed E-state index contributed by atoms with van der Waals surface area (Å²) in [4.78, 5) is 27.6. The molecule has 2 aromatic rings. The smallest absolute Gasteiger partial charge is 0.335 e. The molecule has 4 rings (SSSR count). The molecule has 1 saturated heterocycles. The van der Waals surface area contributed by atoms with Gasteiger partial charge in [0, 0.05) is 18.8 Å². The number of ether oxygens (including phenoxy) is 2. The van der Waals surface area contributed by atoms with Crippen LogP contribution in [0.1, 0.15) is 33.6 Å². The van der Waals surface area contributed by atoms with Gasteiger partial charge in [-0.15, -0.1) is 0 Å². The average molecular weight is 368 g/mol. The standard InChI is InChI=1S/C20H20N2O5/c1-26-17-15(19(23)21-10-2-3-11-21)8-9-16-18(17)27-12-22(16)14-6-4-13(5-7-14)20(24)25/h4-9H,2-3,10-12H2,1H3,(H,24,25). The Labute approximate surface area is 156 Å². The van der Waals surface area contributed by atoms with Crippen molar-refractivity contribution in [2.75, 3.05) is 31.8 Å². The van der Waals surface area contributed by atoms with Crippen molar-refractivity contribution in [1.29, 1.82) is 0 Å². The summed E-state index contributed by atoms with van der Waals surface area (Å²) in [5.74, 6) is -0.0368. The molecule has 0 saturated carbocycles. The van der Waals surface area contributed by atoms with E-state index in [2.05, 4.69) is 0 Å². The quantitative estimate of drug-likeness (QED) is 0.893. The van der Waals surface area contributed by atoms with Gasteiger partial charge in [-0.3, -0.25) is 4.79 Å². The lowest BCUT2D eigenvalue weighted by Crippen LogP contribution is -2.28. The number of benzene rings is 2. The number of carboxylic acid groups (broad SMARTS) is 1. The van der Waals surface area contributed by atoms with Crippen LogP contribution in [-0.2, 0) is 0 Å². The summed E-state index contributed by atoms with van der Waals surface area (Å²) < 4.78 is 11.4. The van der Waals surface area contributed by atoms with E-state index in [0.717, 1.165) is 37.3 Å². The van der Waals surface area contributed by atoms with Crippen molar-refractivity contribution >= 4 is 23.3 Å². The predicted octanol–water partition coefficient (Wildman–Crippen LogP) is 3.12. The number of fused-ring (bicyclic) bond motifs is 1.